The molecule has 2 aromatic rings. The van der Waals surface area contributed by atoms with E-state index in [1.54, 1.807) is 12.3 Å². The molecule has 6 heteroatoms. The van der Waals surface area contributed by atoms with Crippen LogP contribution in [0.1, 0.15) is 36.5 Å². The summed E-state index contributed by atoms with van der Waals surface area (Å²) in [5.74, 6) is 1.30. The lowest BCUT2D eigenvalue weighted by Gasteiger charge is -2.32. The average molecular weight is 372 g/mol. The zero-order valence-electron chi connectivity index (χ0n) is 15.5. The predicted octanol–water partition coefficient (Wildman–Crippen LogP) is 3.31. The summed E-state index contributed by atoms with van der Waals surface area (Å²) in [6.07, 6.45) is 4.37. The minimum Gasteiger partial charge on any atom is -0.494 e. The van der Waals surface area contributed by atoms with Gasteiger partial charge >= 0.3 is 0 Å². The molecule has 1 aliphatic carbocycles. The molecule has 1 aromatic carbocycles. The van der Waals surface area contributed by atoms with Gasteiger partial charge in [-0.1, -0.05) is 6.07 Å². The van der Waals surface area contributed by atoms with Crippen LogP contribution in [0.3, 0.4) is 0 Å². The fourth-order valence-corrected chi connectivity index (χ4v) is 3.91. The van der Waals surface area contributed by atoms with E-state index in [1.165, 1.54) is 13.2 Å². The Bertz CT molecular complexity index is 785. The van der Waals surface area contributed by atoms with Gasteiger partial charge in [-0.05, 0) is 49.1 Å². The van der Waals surface area contributed by atoms with Gasteiger partial charge in [-0.25, -0.2) is 4.39 Å². The number of rotatable bonds is 6. The Labute approximate surface area is 158 Å². The molecule has 1 aromatic heterocycles. The molecule has 144 valence electrons. The number of likely N-dealkylation sites (tertiary alicyclic amines) is 1. The number of nitrogens with zero attached hydrogens (tertiary/aromatic N) is 1. The van der Waals surface area contributed by atoms with Crippen molar-refractivity contribution in [3.63, 3.8) is 0 Å². The number of methoxy groups -OCH3 is 1. The summed E-state index contributed by atoms with van der Waals surface area (Å²) in [6, 6.07) is 9.14. The predicted molar refractivity (Wildman–Crippen MR) is 98.9 cm³/mol. The quantitative estimate of drug-likeness (QED) is 0.845. The summed E-state index contributed by atoms with van der Waals surface area (Å²) < 4.78 is 24.2. The summed E-state index contributed by atoms with van der Waals surface area (Å²) >= 11 is 0. The first-order chi connectivity index (χ1) is 13.1. The lowest BCUT2D eigenvalue weighted by Crippen LogP contribution is -2.44. The van der Waals surface area contributed by atoms with Gasteiger partial charge in [-0.2, -0.15) is 0 Å². The number of nitrogens with one attached hydrogen (secondary N) is 1. The van der Waals surface area contributed by atoms with Crippen molar-refractivity contribution < 1.29 is 18.3 Å². The van der Waals surface area contributed by atoms with E-state index in [0.717, 1.165) is 43.7 Å². The van der Waals surface area contributed by atoms with E-state index in [0.29, 0.717) is 6.54 Å². The van der Waals surface area contributed by atoms with E-state index in [1.807, 2.05) is 18.2 Å². The molecular formula is C21H25FN2O3. The van der Waals surface area contributed by atoms with Gasteiger partial charge in [0.2, 0.25) is 5.91 Å². The number of furan rings is 1. The van der Waals surface area contributed by atoms with Crippen molar-refractivity contribution in [2.24, 2.45) is 5.92 Å². The number of carbonyl (C=O) groups excluding carboxylic acids is 1. The molecule has 1 aliphatic heterocycles. The van der Waals surface area contributed by atoms with Crippen molar-refractivity contribution in [3.8, 4) is 5.75 Å². The molecular weight excluding hydrogens is 347 g/mol. The highest BCUT2D eigenvalue weighted by molar-refractivity contribution is 5.83. The number of hydrogen-bond acceptors (Lipinski definition) is 4. The molecule has 1 saturated carbocycles. The molecule has 27 heavy (non-hydrogen) atoms. The minimum atomic E-state index is -0.326. The third kappa shape index (κ3) is 4.16. The van der Waals surface area contributed by atoms with Gasteiger partial charge in [0.05, 0.1) is 13.4 Å². The lowest BCUT2D eigenvalue weighted by molar-refractivity contribution is -0.123. The highest BCUT2D eigenvalue weighted by atomic mass is 19.1. The van der Waals surface area contributed by atoms with Gasteiger partial charge < -0.3 is 14.5 Å². The van der Waals surface area contributed by atoms with Gasteiger partial charge in [-0.15, -0.1) is 0 Å². The van der Waals surface area contributed by atoms with Crippen molar-refractivity contribution in [2.75, 3.05) is 20.2 Å². The highest BCUT2D eigenvalue weighted by Crippen LogP contribution is 2.47. The molecule has 2 unspecified atom stereocenters. The zero-order valence-corrected chi connectivity index (χ0v) is 15.5. The summed E-state index contributed by atoms with van der Waals surface area (Å²) in [4.78, 5) is 14.7. The SMILES string of the molecule is COc1ccc(CN2CCC(NC(=O)C3CC3c3ccco3)CC2)cc1F. The highest BCUT2D eigenvalue weighted by Gasteiger charge is 2.46. The second-order valence-electron chi connectivity index (χ2n) is 7.49. The van der Waals surface area contributed by atoms with Crippen LogP contribution >= 0.6 is 0 Å². The van der Waals surface area contributed by atoms with Crippen LogP contribution in [0.15, 0.2) is 41.0 Å². The fraction of sp³-hybridized carbons (Fsp3) is 0.476. The van der Waals surface area contributed by atoms with Crippen LogP contribution < -0.4 is 10.1 Å². The third-order valence-corrected chi connectivity index (χ3v) is 5.59. The van der Waals surface area contributed by atoms with Crippen LogP contribution in [0.25, 0.3) is 0 Å². The zero-order chi connectivity index (χ0) is 18.8. The largest absolute Gasteiger partial charge is 0.494 e. The van der Waals surface area contributed by atoms with Crippen LogP contribution in [-0.4, -0.2) is 37.0 Å². The maximum Gasteiger partial charge on any atom is 0.224 e. The molecule has 1 saturated heterocycles. The monoisotopic (exact) mass is 372 g/mol. The Hall–Kier alpha value is -2.34. The van der Waals surface area contributed by atoms with Crippen LogP contribution in [0.5, 0.6) is 5.75 Å². The molecule has 0 radical (unpaired) electrons. The Morgan fingerprint density at radius 2 is 2.15 bits per heavy atom. The Morgan fingerprint density at radius 1 is 1.33 bits per heavy atom. The Kier molecular flexibility index (Phi) is 5.16. The van der Waals surface area contributed by atoms with Gasteiger partial charge in [0.15, 0.2) is 11.6 Å². The minimum absolute atomic E-state index is 0.0523. The molecule has 4 rings (SSSR count). The molecule has 2 atom stereocenters. The number of piperidine rings is 1. The maximum atomic E-state index is 13.8. The van der Waals surface area contributed by atoms with Gasteiger partial charge in [-0.3, -0.25) is 9.69 Å². The van der Waals surface area contributed by atoms with Gasteiger partial charge in [0.1, 0.15) is 5.76 Å². The van der Waals surface area contributed by atoms with E-state index in [-0.39, 0.29) is 35.4 Å². The van der Waals surface area contributed by atoms with Crippen molar-refractivity contribution >= 4 is 5.91 Å². The van der Waals surface area contributed by atoms with Crippen molar-refractivity contribution in [1.29, 1.82) is 0 Å². The second-order valence-corrected chi connectivity index (χ2v) is 7.49. The number of carbonyl (C=O) groups is 1. The van der Waals surface area contributed by atoms with E-state index in [9.17, 15) is 9.18 Å². The van der Waals surface area contributed by atoms with Crippen LogP contribution in [0, 0.1) is 11.7 Å². The summed E-state index contributed by atoms with van der Waals surface area (Å²) in [5.41, 5.74) is 0.940. The number of ether oxygens (including phenoxy) is 1. The van der Waals surface area contributed by atoms with E-state index >= 15 is 0 Å². The fourth-order valence-electron chi connectivity index (χ4n) is 3.91. The van der Waals surface area contributed by atoms with Crippen LogP contribution in [0.4, 0.5) is 4.39 Å². The van der Waals surface area contributed by atoms with Crippen LogP contribution in [0.2, 0.25) is 0 Å². The first kappa shape index (κ1) is 18.0. The molecule has 1 N–H and O–H groups in total. The van der Waals surface area contributed by atoms with E-state index in [4.69, 9.17) is 9.15 Å². The molecule has 0 spiro atoms. The number of benzene rings is 1. The molecule has 1 amide bonds. The van der Waals surface area contributed by atoms with Crippen molar-refractivity contribution in [2.45, 2.75) is 37.8 Å². The maximum absolute atomic E-state index is 13.8. The Morgan fingerprint density at radius 3 is 2.81 bits per heavy atom. The third-order valence-electron chi connectivity index (χ3n) is 5.59. The van der Waals surface area contributed by atoms with Gasteiger partial charge in [0.25, 0.3) is 0 Å². The second kappa shape index (κ2) is 7.72. The summed E-state index contributed by atoms with van der Waals surface area (Å²) in [7, 11) is 1.47. The molecule has 2 aliphatic rings. The smallest absolute Gasteiger partial charge is 0.224 e. The molecule has 5 nitrogen and oxygen atoms in total. The van der Waals surface area contributed by atoms with E-state index in [2.05, 4.69) is 10.2 Å². The van der Waals surface area contributed by atoms with Crippen molar-refractivity contribution in [1.82, 2.24) is 10.2 Å². The van der Waals surface area contributed by atoms with Crippen molar-refractivity contribution in [3.05, 3.63) is 53.7 Å². The van der Waals surface area contributed by atoms with E-state index < -0.39 is 0 Å². The number of hydrogen-bond donors (Lipinski definition) is 1. The molecule has 2 heterocycles. The standard InChI is InChI=1S/C21H25FN2O3/c1-26-20-5-4-14(11-18(20)22)13-24-8-6-15(7-9-24)23-21(25)17-12-16(17)19-3-2-10-27-19/h2-5,10-11,15-17H,6-9,12-13H2,1H3,(H,23,25). The first-order valence-electron chi connectivity index (χ1n) is 9.52. The summed E-state index contributed by atoms with van der Waals surface area (Å²) in [6.45, 7) is 2.50. The Balaban J connectivity index is 1.22. The number of amides is 1. The molecule has 2 fully saturated rings. The lowest BCUT2D eigenvalue weighted by atomic mass is 10.0. The topological polar surface area (TPSA) is 54.7 Å². The molecule has 0 bridgehead atoms. The normalized spacial score (nSPS) is 23.2. The van der Waals surface area contributed by atoms with Crippen LogP contribution in [-0.2, 0) is 11.3 Å². The average Bonchev–Trinajstić information content (AvgIpc) is 3.29. The first-order valence-corrected chi connectivity index (χ1v) is 9.52. The summed E-state index contributed by atoms with van der Waals surface area (Å²) in [5, 5.41) is 3.20. The van der Waals surface area contributed by atoms with Gasteiger partial charge in [0, 0.05) is 37.5 Å². The number of halogens is 1.